The van der Waals surface area contributed by atoms with Gasteiger partial charge in [0.1, 0.15) is 6.61 Å². The minimum Gasteiger partial charge on any atom is -0.478 e. The van der Waals surface area contributed by atoms with Crippen LogP contribution in [0.25, 0.3) is 0 Å². The SMILES string of the molecule is C=C(C)C(=O)OCc1ccccc1.O=C(O)/C=C\C(=O)O. The first-order valence-electron chi connectivity index (χ1n) is 5.83. The molecule has 0 aliphatic heterocycles. The summed E-state index contributed by atoms with van der Waals surface area (Å²) in [6.45, 7) is 5.44. The number of hydrogen-bond acceptors (Lipinski definition) is 4. The Morgan fingerprint density at radius 2 is 1.57 bits per heavy atom. The van der Waals surface area contributed by atoms with Crippen LogP contribution in [0, 0.1) is 0 Å². The van der Waals surface area contributed by atoms with E-state index in [-0.39, 0.29) is 5.97 Å². The summed E-state index contributed by atoms with van der Waals surface area (Å²) in [6.07, 6.45) is 1.12. The summed E-state index contributed by atoms with van der Waals surface area (Å²) >= 11 is 0. The second-order valence-corrected chi connectivity index (χ2v) is 3.85. The molecule has 0 unspecified atom stereocenters. The van der Waals surface area contributed by atoms with Crippen molar-refractivity contribution in [1.82, 2.24) is 0 Å². The number of ether oxygens (including phenoxy) is 1. The highest BCUT2D eigenvalue weighted by molar-refractivity contribution is 5.89. The molecule has 0 fully saturated rings. The number of carboxylic acids is 2. The second kappa shape index (κ2) is 9.96. The molecule has 21 heavy (non-hydrogen) atoms. The van der Waals surface area contributed by atoms with Crippen molar-refractivity contribution in [3.8, 4) is 0 Å². The Hall–Kier alpha value is -2.89. The van der Waals surface area contributed by atoms with E-state index >= 15 is 0 Å². The lowest BCUT2D eigenvalue weighted by Gasteiger charge is -2.03. The number of rotatable bonds is 5. The predicted molar refractivity (Wildman–Crippen MR) is 75.5 cm³/mol. The molecule has 0 saturated heterocycles. The van der Waals surface area contributed by atoms with Crippen LogP contribution in [0.5, 0.6) is 0 Å². The highest BCUT2D eigenvalue weighted by atomic mass is 16.5. The third-order valence-electron chi connectivity index (χ3n) is 1.93. The van der Waals surface area contributed by atoms with E-state index in [2.05, 4.69) is 6.58 Å². The van der Waals surface area contributed by atoms with Gasteiger partial charge in [-0.1, -0.05) is 36.9 Å². The number of benzene rings is 1. The van der Waals surface area contributed by atoms with Gasteiger partial charge in [0.2, 0.25) is 0 Å². The Labute approximate surface area is 122 Å². The van der Waals surface area contributed by atoms with Crippen molar-refractivity contribution in [3.63, 3.8) is 0 Å². The third kappa shape index (κ3) is 10.7. The normalized spacial score (nSPS) is 9.38. The topological polar surface area (TPSA) is 101 Å². The fourth-order valence-electron chi connectivity index (χ4n) is 0.989. The van der Waals surface area contributed by atoms with Crippen molar-refractivity contribution in [2.75, 3.05) is 0 Å². The average molecular weight is 292 g/mol. The van der Waals surface area contributed by atoms with E-state index < -0.39 is 11.9 Å². The molecule has 1 aromatic rings. The minimum absolute atomic E-state index is 0.312. The summed E-state index contributed by atoms with van der Waals surface area (Å²) in [5.74, 6) is -2.86. The predicted octanol–water partition coefficient (Wildman–Crippen LogP) is 2.02. The first kappa shape index (κ1) is 18.1. The molecule has 0 spiro atoms. The number of esters is 1. The first-order chi connectivity index (χ1) is 9.82. The third-order valence-corrected chi connectivity index (χ3v) is 1.93. The molecule has 1 aromatic carbocycles. The van der Waals surface area contributed by atoms with Gasteiger partial charge in [0.15, 0.2) is 0 Å². The summed E-state index contributed by atoms with van der Waals surface area (Å²) in [5.41, 5.74) is 1.41. The number of carbonyl (C=O) groups excluding carboxylic acids is 1. The molecule has 0 saturated carbocycles. The van der Waals surface area contributed by atoms with Crippen LogP contribution < -0.4 is 0 Å². The van der Waals surface area contributed by atoms with E-state index in [4.69, 9.17) is 14.9 Å². The summed E-state index contributed by atoms with van der Waals surface area (Å²) in [6, 6.07) is 9.55. The maximum Gasteiger partial charge on any atom is 0.333 e. The van der Waals surface area contributed by atoms with Crippen molar-refractivity contribution in [2.45, 2.75) is 13.5 Å². The van der Waals surface area contributed by atoms with Gasteiger partial charge in [-0.2, -0.15) is 0 Å². The summed E-state index contributed by atoms with van der Waals surface area (Å²) in [7, 11) is 0. The second-order valence-electron chi connectivity index (χ2n) is 3.85. The first-order valence-corrected chi connectivity index (χ1v) is 5.83. The maximum absolute atomic E-state index is 11.0. The molecule has 0 bridgehead atoms. The fourth-order valence-corrected chi connectivity index (χ4v) is 0.989. The Bertz CT molecular complexity index is 514. The lowest BCUT2D eigenvalue weighted by molar-refractivity contribution is -0.140. The fraction of sp³-hybridized carbons (Fsp3) is 0.133. The molecule has 0 amide bonds. The Morgan fingerprint density at radius 3 is 1.95 bits per heavy atom. The van der Waals surface area contributed by atoms with Gasteiger partial charge >= 0.3 is 17.9 Å². The number of aliphatic carboxylic acids is 2. The Kier molecular flexibility index (Phi) is 8.59. The van der Waals surface area contributed by atoms with E-state index in [0.717, 1.165) is 5.56 Å². The van der Waals surface area contributed by atoms with Gasteiger partial charge in [0, 0.05) is 17.7 Å². The smallest absolute Gasteiger partial charge is 0.333 e. The Balaban J connectivity index is 0.000000433. The molecule has 6 nitrogen and oxygen atoms in total. The van der Waals surface area contributed by atoms with Crippen LogP contribution in [-0.4, -0.2) is 28.1 Å². The quantitative estimate of drug-likeness (QED) is 0.636. The van der Waals surface area contributed by atoms with Crippen LogP contribution in [0.1, 0.15) is 12.5 Å². The van der Waals surface area contributed by atoms with Crippen LogP contribution in [0.3, 0.4) is 0 Å². The van der Waals surface area contributed by atoms with Gasteiger partial charge in [-0.15, -0.1) is 0 Å². The van der Waals surface area contributed by atoms with E-state index in [0.29, 0.717) is 24.3 Å². The number of carbonyl (C=O) groups is 3. The van der Waals surface area contributed by atoms with E-state index in [1.807, 2.05) is 30.3 Å². The Morgan fingerprint density at radius 1 is 1.10 bits per heavy atom. The van der Waals surface area contributed by atoms with Crippen molar-refractivity contribution < 1.29 is 29.3 Å². The maximum atomic E-state index is 11.0. The highest BCUT2D eigenvalue weighted by Gasteiger charge is 2.02. The van der Waals surface area contributed by atoms with Gasteiger partial charge in [0.25, 0.3) is 0 Å². The van der Waals surface area contributed by atoms with Crippen molar-refractivity contribution in [2.24, 2.45) is 0 Å². The lowest BCUT2D eigenvalue weighted by Crippen LogP contribution is -2.04. The molecule has 0 atom stereocenters. The molecule has 1 rings (SSSR count). The monoisotopic (exact) mass is 292 g/mol. The number of hydrogen-bond donors (Lipinski definition) is 2. The molecule has 0 radical (unpaired) electrons. The lowest BCUT2D eigenvalue weighted by atomic mass is 10.2. The van der Waals surface area contributed by atoms with Gasteiger partial charge in [-0.3, -0.25) is 0 Å². The van der Waals surface area contributed by atoms with Gasteiger partial charge in [-0.25, -0.2) is 14.4 Å². The molecular formula is C15H16O6. The van der Waals surface area contributed by atoms with Crippen molar-refractivity contribution >= 4 is 17.9 Å². The molecule has 0 aromatic heterocycles. The number of carboxylic acid groups (broad SMARTS) is 2. The summed E-state index contributed by atoms with van der Waals surface area (Å²) in [4.78, 5) is 30.1. The summed E-state index contributed by atoms with van der Waals surface area (Å²) in [5, 5.41) is 15.6. The van der Waals surface area contributed by atoms with E-state index in [1.54, 1.807) is 6.92 Å². The highest BCUT2D eigenvalue weighted by Crippen LogP contribution is 2.02. The zero-order valence-electron chi connectivity index (χ0n) is 11.5. The minimum atomic E-state index is -1.26. The van der Waals surface area contributed by atoms with Crippen LogP contribution in [0.15, 0.2) is 54.6 Å². The van der Waals surface area contributed by atoms with Crippen molar-refractivity contribution in [1.29, 1.82) is 0 Å². The van der Waals surface area contributed by atoms with Crippen LogP contribution in [-0.2, 0) is 25.7 Å². The average Bonchev–Trinajstić information content (AvgIpc) is 2.44. The molecule has 112 valence electrons. The molecule has 0 aliphatic rings. The van der Waals surface area contributed by atoms with Gasteiger partial charge in [0.05, 0.1) is 0 Å². The zero-order chi connectivity index (χ0) is 16.3. The standard InChI is InChI=1S/C11H12O2.C4H4O4/c1-9(2)11(12)13-8-10-6-4-3-5-7-10;5-3(6)1-2-4(7)8/h3-7H,1,8H2,2H3;1-2H,(H,5,6)(H,7,8)/b;2-1-. The zero-order valence-corrected chi connectivity index (χ0v) is 11.5. The molecule has 6 heteroatoms. The van der Waals surface area contributed by atoms with Crippen LogP contribution in [0.4, 0.5) is 0 Å². The molecule has 2 N–H and O–H groups in total. The van der Waals surface area contributed by atoms with Gasteiger partial charge < -0.3 is 14.9 Å². The van der Waals surface area contributed by atoms with Gasteiger partial charge in [-0.05, 0) is 12.5 Å². The molecular weight excluding hydrogens is 276 g/mol. The van der Waals surface area contributed by atoms with Crippen LogP contribution in [0.2, 0.25) is 0 Å². The van der Waals surface area contributed by atoms with E-state index in [9.17, 15) is 14.4 Å². The largest absolute Gasteiger partial charge is 0.478 e. The molecule has 0 heterocycles. The van der Waals surface area contributed by atoms with E-state index in [1.165, 1.54) is 0 Å². The van der Waals surface area contributed by atoms with Crippen molar-refractivity contribution in [3.05, 3.63) is 60.2 Å². The molecule has 0 aliphatic carbocycles. The summed E-state index contributed by atoms with van der Waals surface area (Å²) < 4.78 is 4.95. The van der Waals surface area contributed by atoms with Crippen LogP contribution >= 0.6 is 0 Å².